The second-order valence-corrected chi connectivity index (χ2v) is 6.07. The molecule has 1 aromatic heterocycles. The Morgan fingerprint density at radius 1 is 1.15 bits per heavy atom. The average molecular weight is 364 g/mol. The van der Waals surface area contributed by atoms with Gasteiger partial charge in [0.05, 0.1) is 17.6 Å². The van der Waals surface area contributed by atoms with E-state index in [1.807, 2.05) is 36.4 Å². The van der Waals surface area contributed by atoms with E-state index >= 15 is 0 Å². The molecule has 0 aliphatic heterocycles. The molecule has 27 heavy (non-hydrogen) atoms. The van der Waals surface area contributed by atoms with Gasteiger partial charge in [0.2, 0.25) is 11.7 Å². The van der Waals surface area contributed by atoms with E-state index in [0.717, 1.165) is 28.3 Å². The number of furan rings is 1. The van der Waals surface area contributed by atoms with Gasteiger partial charge in [-0.3, -0.25) is 14.9 Å². The van der Waals surface area contributed by atoms with Crippen LogP contribution in [0.25, 0.3) is 21.7 Å². The van der Waals surface area contributed by atoms with Crippen LogP contribution >= 0.6 is 0 Å². The predicted molar refractivity (Wildman–Crippen MR) is 99.1 cm³/mol. The third-order valence-electron chi connectivity index (χ3n) is 4.32. The van der Waals surface area contributed by atoms with Crippen molar-refractivity contribution in [1.29, 1.82) is 0 Å². The van der Waals surface area contributed by atoms with Crippen molar-refractivity contribution in [1.82, 2.24) is 0 Å². The fourth-order valence-electron chi connectivity index (χ4n) is 3.11. The van der Waals surface area contributed by atoms with Gasteiger partial charge in [0.25, 0.3) is 0 Å². The number of nitrogens with zero attached hydrogens (tertiary/aromatic N) is 1. The Labute approximate surface area is 152 Å². The summed E-state index contributed by atoms with van der Waals surface area (Å²) in [6, 6.07) is 14.8. The minimum atomic E-state index is -0.953. The van der Waals surface area contributed by atoms with Crippen molar-refractivity contribution in [3.8, 4) is 0 Å². The Morgan fingerprint density at radius 2 is 1.96 bits per heavy atom. The third kappa shape index (κ3) is 3.10. The van der Waals surface area contributed by atoms with Gasteiger partial charge >= 0.3 is 5.69 Å². The normalized spacial score (nSPS) is 11.0. The summed E-state index contributed by atoms with van der Waals surface area (Å²) in [7, 11) is 0. The van der Waals surface area contributed by atoms with Gasteiger partial charge in [0.1, 0.15) is 5.58 Å². The van der Waals surface area contributed by atoms with Crippen molar-refractivity contribution < 1.29 is 18.5 Å². The molecule has 1 heterocycles. The van der Waals surface area contributed by atoms with Crippen LogP contribution < -0.4 is 5.32 Å². The summed E-state index contributed by atoms with van der Waals surface area (Å²) in [5, 5.41) is 16.3. The maximum absolute atomic E-state index is 13.4. The van der Waals surface area contributed by atoms with Crippen molar-refractivity contribution >= 4 is 39.0 Å². The Bertz CT molecular complexity index is 1200. The lowest BCUT2D eigenvalue weighted by molar-refractivity contribution is -0.387. The second-order valence-electron chi connectivity index (χ2n) is 6.07. The summed E-state index contributed by atoms with van der Waals surface area (Å²) in [5.41, 5.74) is 0.850. The first-order chi connectivity index (χ1) is 13.0. The van der Waals surface area contributed by atoms with E-state index in [9.17, 15) is 19.3 Å². The van der Waals surface area contributed by atoms with Crippen LogP contribution in [-0.4, -0.2) is 10.8 Å². The zero-order valence-corrected chi connectivity index (χ0v) is 13.9. The monoisotopic (exact) mass is 364 g/mol. The molecular formula is C20H13FN2O4. The average Bonchev–Trinajstić information content (AvgIpc) is 3.06. The summed E-state index contributed by atoms with van der Waals surface area (Å²) < 4.78 is 19.0. The Balaban J connectivity index is 1.63. The van der Waals surface area contributed by atoms with Crippen molar-refractivity contribution in [3.63, 3.8) is 0 Å². The quantitative estimate of drug-likeness (QED) is 0.416. The molecule has 0 saturated heterocycles. The van der Waals surface area contributed by atoms with E-state index in [0.29, 0.717) is 11.1 Å². The number of fused-ring (bicyclic) bond motifs is 3. The Hall–Kier alpha value is -3.74. The highest BCUT2D eigenvalue weighted by Crippen LogP contribution is 2.30. The molecule has 1 N–H and O–H groups in total. The highest BCUT2D eigenvalue weighted by Gasteiger charge is 2.17. The summed E-state index contributed by atoms with van der Waals surface area (Å²) >= 11 is 0. The molecule has 6 nitrogen and oxygen atoms in total. The van der Waals surface area contributed by atoms with Crippen molar-refractivity contribution in [2.45, 2.75) is 6.42 Å². The molecule has 0 fully saturated rings. The molecule has 0 bridgehead atoms. The van der Waals surface area contributed by atoms with E-state index < -0.39 is 16.4 Å². The largest absolute Gasteiger partial charge is 0.464 e. The van der Waals surface area contributed by atoms with E-state index in [1.54, 1.807) is 0 Å². The summed E-state index contributed by atoms with van der Waals surface area (Å²) in [6.45, 7) is 0. The number of hydrogen-bond donors (Lipinski definition) is 1. The minimum absolute atomic E-state index is 0.0200. The number of halogens is 1. The molecule has 0 spiro atoms. The van der Waals surface area contributed by atoms with Gasteiger partial charge in [-0.25, -0.2) is 0 Å². The van der Waals surface area contributed by atoms with Gasteiger partial charge in [0.15, 0.2) is 0 Å². The molecule has 0 aliphatic rings. The van der Waals surface area contributed by atoms with E-state index in [-0.39, 0.29) is 18.0 Å². The molecule has 0 aliphatic carbocycles. The number of anilines is 1. The Kier molecular flexibility index (Phi) is 4.04. The van der Waals surface area contributed by atoms with E-state index in [4.69, 9.17) is 4.42 Å². The summed E-state index contributed by atoms with van der Waals surface area (Å²) in [4.78, 5) is 22.4. The molecule has 3 aromatic carbocycles. The van der Waals surface area contributed by atoms with Gasteiger partial charge in [-0.2, -0.15) is 4.39 Å². The molecule has 0 saturated carbocycles. The summed E-state index contributed by atoms with van der Waals surface area (Å²) in [6.07, 6.45) is 1.55. The van der Waals surface area contributed by atoms with Gasteiger partial charge in [-0.15, -0.1) is 0 Å². The fourth-order valence-corrected chi connectivity index (χ4v) is 3.11. The lowest BCUT2D eigenvalue weighted by atomic mass is 10.0. The number of nitrogens with one attached hydrogen (secondary N) is 1. The first-order valence-corrected chi connectivity index (χ1v) is 8.14. The molecule has 0 atom stereocenters. The molecule has 4 aromatic rings. The summed E-state index contributed by atoms with van der Waals surface area (Å²) in [5.74, 6) is -1.34. The molecule has 134 valence electrons. The van der Waals surface area contributed by atoms with Gasteiger partial charge in [0, 0.05) is 22.7 Å². The van der Waals surface area contributed by atoms with Crippen LogP contribution in [0, 0.1) is 15.9 Å². The van der Waals surface area contributed by atoms with Crippen LogP contribution in [-0.2, 0) is 11.2 Å². The topological polar surface area (TPSA) is 85.4 Å². The van der Waals surface area contributed by atoms with Crippen LogP contribution in [0.3, 0.4) is 0 Å². The maximum Gasteiger partial charge on any atom is 0.306 e. The van der Waals surface area contributed by atoms with Crippen LogP contribution in [0.2, 0.25) is 0 Å². The number of amides is 1. The van der Waals surface area contributed by atoms with E-state index in [2.05, 4.69) is 5.32 Å². The number of nitro benzene ring substituents is 1. The predicted octanol–water partition coefficient (Wildman–Crippen LogP) is 4.81. The van der Waals surface area contributed by atoms with Crippen molar-refractivity contribution in [3.05, 3.63) is 82.4 Å². The number of benzene rings is 3. The van der Waals surface area contributed by atoms with E-state index in [1.165, 1.54) is 12.3 Å². The molecule has 4 rings (SSSR count). The smallest absolute Gasteiger partial charge is 0.306 e. The van der Waals surface area contributed by atoms with Crippen LogP contribution in [0.5, 0.6) is 0 Å². The number of carbonyl (C=O) groups excluding carboxylic acids is 1. The number of nitro groups is 1. The number of hydrogen-bond acceptors (Lipinski definition) is 4. The SMILES string of the molecule is O=C(Cc1coc2ccc3ccccc3c12)Nc1ccc(F)c([N+](=O)[O-])c1. The maximum atomic E-state index is 13.4. The third-order valence-corrected chi connectivity index (χ3v) is 4.32. The molecule has 0 radical (unpaired) electrons. The second kappa shape index (κ2) is 6.53. The fraction of sp³-hybridized carbons (Fsp3) is 0.0500. The lowest BCUT2D eigenvalue weighted by Gasteiger charge is -2.06. The molecular weight excluding hydrogens is 351 g/mol. The van der Waals surface area contributed by atoms with Gasteiger partial charge < -0.3 is 9.73 Å². The first kappa shape index (κ1) is 16.7. The minimum Gasteiger partial charge on any atom is -0.464 e. The molecule has 0 unspecified atom stereocenters. The van der Waals surface area contributed by atoms with Crippen LogP contribution in [0.4, 0.5) is 15.8 Å². The highest BCUT2D eigenvalue weighted by molar-refractivity contribution is 6.09. The Morgan fingerprint density at radius 3 is 2.78 bits per heavy atom. The van der Waals surface area contributed by atoms with Crippen LogP contribution in [0.1, 0.15) is 5.56 Å². The standard InChI is InChI=1S/C20H13FN2O4/c21-16-7-6-14(10-17(16)23(25)26)22-19(24)9-13-11-27-18-8-5-12-3-1-2-4-15(12)20(13)18/h1-8,10-11H,9H2,(H,22,24). The zero-order valence-electron chi connectivity index (χ0n) is 13.9. The van der Waals surface area contributed by atoms with Crippen molar-refractivity contribution in [2.24, 2.45) is 0 Å². The van der Waals surface area contributed by atoms with Crippen molar-refractivity contribution in [2.75, 3.05) is 5.32 Å². The van der Waals surface area contributed by atoms with Gasteiger partial charge in [-0.05, 0) is 29.0 Å². The number of carbonyl (C=O) groups is 1. The lowest BCUT2D eigenvalue weighted by Crippen LogP contribution is -2.14. The zero-order chi connectivity index (χ0) is 19.0. The number of rotatable bonds is 4. The molecule has 7 heteroatoms. The van der Waals surface area contributed by atoms with Gasteiger partial charge in [-0.1, -0.05) is 30.3 Å². The first-order valence-electron chi connectivity index (χ1n) is 8.14. The van der Waals surface area contributed by atoms with Crippen LogP contribution in [0.15, 0.2) is 65.3 Å². The highest BCUT2D eigenvalue weighted by atomic mass is 19.1. The molecule has 1 amide bonds.